The third-order valence-corrected chi connectivity index (χ3v) is 10.5. The number of anilines is 3. The van der Waals surface area contributed by atoms with Gasteiger partial charge in [-0.05, 0) is 105 Å². The molecule has 0 saturated carbocycles. The average molecular weight is 666 g/mol. The molecule has 0 unspecified atom stereocenters. The molecular formula is C50H35NO. The summed E-state index contributed by atoms with van der Waals surface area (Å²) in [7, 11) is 0. The van der Waals surface area contributed by atoms with E-state index in [1.807, 2.05) is 0 Å². The summed E-state index contributed by atoms with van der Waals surface area (Å²) in [6, 6.07) is 63.7. The molecule has 246 valence electrons. The van der Waals surface area contributed by atoms with Gasteiger partial charge in [-0.15, -0.1) is 0 Å². The van der Waals surface area contributed by atoms with Crippen molar-refractivity contribution in [2.24, 2.45) is 0 Å². The molecule has 1 aliphatic carbocycles. The Morgan fingerprint density at radius 3 is 1.65 bits per heavy atom. The summed E-state index contributed by atoms with van der Waals surface area (Å²) < 4.78 is 6.46. The fourth-order valence-electron chi connectivity index (χ4n) is 8.02. The van der Waals surface area contributed by atoms with Gasteiger partial charge in [-0.1, -0.05) is 146 Å². The lowest BCUT2D eigenvalue weighted by Crippen LogP contribution is -2.10. The molecular weight excluding hydrogens is 631 g/mol. The fourth-order valence-corrected chi connectivity index (χ4v) is 8.02. The van der Waals surface area contributed by atoms with E-state index < -0.39 is 0 Å². The Bertz CT molecular complexity index is 2770. The molecule has 2 heteroatoms. The van der Waals surface area contributed by atoms with Crippen molar-refractivity contribution in [3.8, 4) is 33.4 Å². The molecule has 0 N–H and O–H groups in total. The number of aryl methyl sites for hydroxylation is 1. The van der Waals surface area contributed by atoms with Crippen LogP contribution in [0.2, 0.25) is 0 Å². The lowest BCUT2D eigenvalue weighted by atomic mass is 9.97. The van der Waals surface area contributed by atoms with Gasteiger partial charge in [-0.2, -0.15) is 0 Å². The Hall–Kier alpha value is -6.64. The van der Waals surface area contributed by atoms with Gasteiger partial charge in [0.05, 0.1) is 0 Å². The van der Waals surface area contributed by atoms with Gasteiger partial charge in [0, 0.05) is 33.6 Å². The van der Waals surface area contributed by atoms with Crippen LogP contribution in [0, 0.1) is 0 Å². The average Bonchev–Trinajstić information content (AvgIpc) is 3.60. The van der Waals surface area contributed by atoms with Gasteiger partial charge in [0.1, 0.15) is 11.3 Å². The van der Waals surface area contributed by atoms with E-state index in [2.05, 4.69) is 193 Å². The molecule has 0 bridgehead atoms. The summed E-state index contributed by atoms with van der Waals surface area (Å²) in [5.41, 5.74) is 12.7. The summed E-state index contributed by atoms with van der Waals surface area (Å²) in [6.45, 7) is 0. The van der Waals surface area contributed by atoms with E-state index in [1.54, 1.807) is 0 Å². The molecule has 0 fully saturated rings. The first-order chi connectivity index (χ1) is 25.8. The van der Waals surface area contributed by atoms with Crippen LogP contribution in [0.3, 0.4) is 0 Å². The zero-order valence-corrected chi connectivity index (χ0v) is 28.7. The molecule has 0 spiro atoms. The molecule has 1 aliphatic rings. The summed E-state index contributed by atoms with van der Waals surface area (Å²) in [6.07, 6.45) is 6.41. The molecule has 0 radical (unpaired) electrons. The Kier molecular flexibility index (Phi) is 7.32. The Morgan fingerprint density at radius 2 is 0.962 bits per heavy atom. The molecule has 1 aromatic heterocycles. The number of benzene rings is 8. The van der Waals surface area contributed by atoms with Crippen LogP contribution < -0.4 is 4.90 Å². The molecule has 0 atom stereocenters. The van der Waals surface area contributed by atoms with Crippen molar-refractivity contribution in [3.05, 3.63) is 193 Å². The molecule has 0 amide bonds. The quantitative estimate of drug-likeness (QED) is 0.176. The maximum atomic E-state index is 6.46. The van der Waals surface area contributed by atoms with Crippen LogP contribution >= 0.6 is 0 Å². The van der Waals surface area contributed by atoms with Crippen molar-refractivity contribution >= 4 is 55.7 Å². The van der Waals surface area contributed by atoms with Crippen LogP contribution in [0.4, 0.5) is 17.1 Å². The zero-order chi connectivity index (χ0) is 34.4. The maximum absolute atomic E-state index is 6.46. The monoisotopic (exact) mass is 665 g/mol. The van der Waals surface area contributed by atoms with Crippen LogP contribution in [-0.2, 0) is 6.42 Å². The van der Waals surface area contributed by atoms with Crippen molar-refractivity contribution in [2.45, 2.75) is 12.8 Å². The topological polar surface area (TPSA) is 16.4 Å². The van der Waals surface area contributed by atoms with Crippen molar-refractivity contribution < 1.29 is 4.42 Å². The van der Waals surface area contributed by atoms with E-state index in [0.717, 1.165) is 52.4 Å². The summed E-state index contributed by atoms with van der Waals surface area (Å²) in [4.78, 5) is 2.36. The Labute approximate surface area is 303 Å². The van der Waals surface area contributed by atoms with E-state index in [-0.39, 0.29) is 0 Å². The van der Waals surface area contributed by atoms with Gasteiger partial charge in [0.15, 0.2) is 0 Å². The maximum Gasteiger partial charge on any atom is 0.142 e. The van der Waals surface area contributed by atoms with Crippen molar-refractivity contribution in [1.29, 1.82) is 0 Å². The van der Waals surface area contributed by atoms with Crippen LogP contribution in [0.5, 0.6) is 0 Å². The highest BCUT2D eigenvalue weighted by atomic mass is 16.3. The van der Waals surface area contributed by atoms with E-state index in [4.69, 9.17) is 4.42 Å². The highest BCUT2D eigenvalue weighted by Gasteiger charge is 2.19. The van der Waals surface area contributed by atoms with Gasteiger partial charge < -0.3 is 9.32 Å². The minimum Gasteiger partial charge on any atom is -0.456 e. The second kappa shape index (κ2) is 12.6. The summed E-state index contributed by atoms with van der Waals surface area (Å²) in [5.74, 6) is 0.995. The van der Waals surface area contributed by atoms with Crippen molar-refractivity contribution in [3.63, 3.8) is 0 Å². The van der Waals surface area contributed by atoms with Gasteiger partial charge in [0.2, 0.25) is 0 Å². The molecule has 2 nitrogen and oxygen atoms in total. The number of para-hydroxylation sites is 1. The zero-order valence-electron chi connectivity index (χ0n) is 28.7. The number of furan rings is 1. The standard InChI is InChI=1S/C50H35NO/c1-3-17-42-34(11-1)13-8-20-44(42)36-25-29-39(30-26-36)51(41-16-7-15-38(33-41)45-21-9-14-35-12-2-4-18-43(35)45)40-31-27-37(28-32-40)46-22-10-23-48-47-19-5-6-24-49(47)52-50(46)48/h1-4,6-18,20-33H,5,19H2. The minimum absolute atomic E-state index is 0.968. The number of hydrogen-bond acceptors (Lipinski definition) is 2. The van der Waals surface area contributed by atoms with Gasteiger partial charge in [0.25, 0.3) is 0 Å². The molecule has 8 aromatic carbocycles. The number of hydrogen-bond donors (Lipinski definition) is 0. The predicted octanol–water partition coefficient (Wildman–Crippen LogP) is 14.2. The number of nitrogens with zero attached hydrogens (tertiary/aromatic N) is 1. The van der Waals surface area contributed by atoms with Crippen LogP contribution in [0.15, 0.2) is 186 Å². The van der Waals surface area contributed by atoms with Gasteiger partial charge >= 0.3 is 0 Å². The molecule has 1 heterocycles. The number of rotatable bonds is 6. The van der Waals surface area contributed by atoms with Crippen molar-refractivity contribution in [2.75, 3.05) is 4.90 Å². The second-order valence-corrected chi connectivity index (χ2v) is 13.6. The largest absolute Gasteiger partial charge is 0.456 e. The molecule has 10 rings (SSSR count). The highest BCUT2D eigenvalue weighted by Crippen LogP contribution is 2.41. The number of allylic oxidation sites excluding steroid dienone is 1. The first-order valence-electron chi connectivity index (χ1n) is 18.1. The molecule has 0 aliphatic heterocycles. The third kappa shape index (κ3) is 5.20. The Balaban J connectivity index is 1.09. The van der Waals surface area contributed by atoms with Crippen LogP contribution in [0.25, 0.3) is 72.0 Å². The van der Waals surface area contributed by atoms with Gasteiger partial charge in [-0.3, -0.25) is 0 Å². The smallest absolute Gasteiger partial charge is 0.142 e. The van der Waals surface area contributed by atoms with Gasteiger partial charge in [-0.25, -0.2) is 0 Å². The minimum atomic E-state index is 0.968. The molecule has 0 saturated heterocycles. The summed E-state index contributed by atoms with van der Waals surface area (Å²) >= 11 is 0. The number of fused-ring (bicyclic) bond motifs is 5. The fraction of sp³-hybridized carbons (Fsp3) is 0.0400. The van der Waals surface area contributed by atoms with E-state index in [1.165, 1.54) is 54.7 Å². The normalized spacial score (nSPS) is 12.4. The Morgan fingerprint density at radius 1 is 0.423 bits per heavy atom. The molecule has 9 aromatic rings. The van der Waals surface area contributed by atoms with E-state index >= 15 is 0 Å². The lowest BCUT2D eigenvalue weighted by Gasteiger charge is -2.26. The third-order valence-electron chi connectivity index (χ3n) is 10.5. The highest BCUT2D eigenvalue weighted by molar-refractivity contribution is 5.99. The second-order valence-electron chi connectivity index (χ2n) is 13.6. The van der Waals surface area contributed by atoms with E-state index in [9.17, 15) is 0 Å². The summed E-state index contributed by atoms with van der Waals surface area (Å²) in [5, 5.41) is 6.22. The van der Waals surface area contributed by atoms with E-state index in [0.29, 0.717) is 0 Å². The first kappa shape index (κ1) is 30.2. The van der Waals surface area contributed by atoms with Crippen molar-refractivity contribution in [1.82, 2.24) is 0 Å². The molecule has 52 heavy (non-hydrogen) atoms. The lowest BCUT2D eigenvalue weighted by molar-refractivity contribution is 0.596. The SMILES string of the molecule is C1=Cc2oc3c(-c4ccc(N(c5ccc(-c6cccc7ccccc67)cc5)c5cccc(-c6cccc7ccccc67)c5)cc4)cccc3c2CC1. The van der Waals surface area contributed by atoms with Crippen LogP contribution in [-0.4, -0.2) is 0 Å². The van der Waals surface area contributed by atoms with Crippen LogP contribution in [0.1, 0.15) is 17.7 Å². The first-order valence-corrected chi connectivity index (χ1v) is 18.1. The predicted molar refractivity (Wildman–Crippen MR) is 220 cm³/mol.